The third-order valence-corrected chi connectivity index (χ3v) is 3.40. The predicted octanol–water partition coefficient (Wildman–Crippen LogP) is 0.821. The minimum absolute atomic E-state index is 0.479. The van der Waals surface area contributed by atoms with Gasteiger partial charge >= 0.3 is 0 Å². The van der Waals surface area contributed by atoms with Crippen molar-refractivity contribution >= 4 is 11.8 Å². The first-order valence-electron chi connectivity index (χ1n) is 7.40. The van der Waals surface area contributed by atoms with Crippen LogP contribution in [0.5, 0.6) is 0 Å². The van der Waals surface area contributed by atoms with Crippen LogP contribution in [0.25, 0.3) is 0 Å². The highest BCUT2D eigenvalue weighted by Gasteiger charge is 2.09. The van der Waals surface area contributed by atoms with Crippen molar-refractivity contribution in [2.45, 2.75) is 6.54 Å². The monoisotopic (exact) mass is 304 g/mol. The number of rotatable bonds is 7. The van der Waals surface area contributed by atoms with Crippen LogP contribution in [0.4, 0.5) is 11.8 Å². The van der Waals surface area contributed by atoms with Gasteiger partial charge in [0.1, 0.15) is 5.76 Å². The lowest BCUT2D eigenvalue weighted by Gasteiger charge is -2.26. The molecule has 0 aromatic carbocycles. The smallest absolute Gasteiger partial charge is 0.245 e. The average Bonchev–Trinajstić information content (AvgIpc) is 3.08. The normalized spacial score (nSPS) is 15.6. The second kappa shape index (κ2) is 7.71. The fourth-order valence-corrected chi connectivity index (χ4v) is 2.21. The summed E-state index contributed by atoms with van der Waals surface area (Å²) in [5, 5.41) is 14.3. The number of hydrogen-bond acceptors (Lipinski definition) is 8. The van der Waals surface area contributed by atoms with Crippen LogP contribution in [-0.4, -0.2) is 59.5 Å². The number of nitrogens with one attached hydrogen (secondary N) is 2. The molecule has 1 saturated heterocycles. The standard InChI is InChI=1S/C14H20N6O2/c1-2-12(22-7-1)10-16-14-18-13(11-17-19-14)15-3-4-20-5-8-21-9-6-20/h1-2,7,11H,3-6,8-10H2,(H2,15,16,18,19). The first kappa shape index (κ1) is 14.7. The molecule has 1 aliphatic heterocycles. The number of anilines is 2. The van der Waals surface area contributed by atoms with Crippen molar-refractivity contribution < 1.29 is 9.15 Å². The second-order valence-electron chi connectivity index (χ2n) is 4.98. The van der Waals surface area contributed by atoms with Gasteiger partial charge in [0.15, 0.2) is 5.82 Å². The summed E-state index contributed by atoms with van der Waals surface area (Å²) in [6.07, 6.45) is 3.26. The van der Waals surface area contributed by atoms with Crippen molar-refractivity contribution in [1.82, 2.24) is 20.1 Å². The number of hydrogen-bond donors (Lipinski definition) is 2. The Bertz CT molecular complexity index is 556. The summed E-state index contributed by atoms with van der Waals surface area (Å²) in [5.74, 6) is 2.02. The quantitative estimate of drug-likeness (QED) is 0.777. The summed E-state index contributed by atoms with van der Waals surface area (Å²) < 4.78 is 10.6. The first-order chi connectivity index (χ1) is 10.9. The van der Waals surface area contributed by atoms with E-state index in [2.05, 4.69) is 30.7 Å². The molecule has 1 aliphatic rings. The summed E-state index contributed by atoms with van der Waals surface area (Å²) >= 11 is 0. The van der Waals surface area contributed by atoms with E-state index >= 15 is 0 Å². The van der Waals surface area contributed by atoms with Crippen LogP contribution < -0.4 is 10.6 Å². The summed E-state index contributed by atoms with van der Waals surface area (Å²) in [4.78, 5) is 6.74. The second-order valence-corrected chi connectivity index (χ2v) is 4.98. The van der Waals surface area contributed by atoms with Gasteiger partial charge in [-0.25, -0.2) is 0 Å². The van der Waals surface area contributed by atoms with Crippen LogP contribution in [-0.2, 0) is 11.3 Å². The van der Waals surface area contributed by atoms with Crippen LogP contribution in [0.3, 0.4) is 0 Å². The molecule has 0 unspecified atom stereocenters. The van der Waals surface area contributed by atoms with E-state index in [-0.39, 0.29) is 0 Å². The largest absolute Gasteiger partial charge is 0.467 e. The van der Waals surface area contributed by atoms with Gasteiger partial charge in [0.05, 0.1) is 32.2 Å². The van der Waals surface area contributed by atoms with E-state index in [4.69, 9.17) is 9.15 Å². The number of furan rings is 1. The maximum atomic E-state index is 5.33. The van der Waals surface area contributed by atoms with Gasteiger partial charge in [-0.3, -0.25) is 4.90 Å². The molecule has 2 aromatic rings. The summed E-state index contributed by atoms with van der Waals surface area (Å²) in [7, 11) is 0. The summed E-state index contributed by atoms with van der Waals surface area (Å²) in [6.45, 7) is 5.91. The highest BCUT2D eigenvalue weighted by atomic mass is 16.5. The van der Waals surface area contributed by atoms with E-state index in [1.165, 1.54) is 0 Å². The Morgan fingerprint density at radius 3 is 2.95 bits per heavy atom. The molecule has 8 nitrogen and oxygen atoms in total. The summed E-state index contributed by atoms with van der Waals surface area (Å²) in [6, 6.07) is 3.74. The molecule has 2 aromatic heterocycles. The molecule has 1 fully saturated rings. The third-order valence-electron chi connectivity index (χ3n) is 3.40. The van der Waals surface area contributed by atoms with Crippen LogP contribution >= 0.6 is 0 Å². The molecule has 0 amide bonds. The topological polar surface area (TPSA) is 88.3 Å². The molecule has 0 radical (unpaired) electrons. The lowest BCUT2D eigenvalue weighted by Crippen LogP contribution is -2.39. The molecule has 118 valence electrons. The molecule has 8 heteroatoms. The Morgan fingerprint density at radius 1 is 1.23 bits per heavy atom. The van der Waals surface area contributed by atoms with Crippen molar-refractivity contribution in [3.8, 4) is 0 Å². The van der Waals surface area contributed by atoms with Gasteiger partial charge < -0.3 is 19.8 Å². The zero-order chi connectivity index (χ0) is 15.0. The van der Waals surface area contributed by atoms with E-state index < -0.39 is 0 Å². The van der Waals surface area contributed by atoms with Crippen LogP contribution in [0.2, 0.25) is 0 Å². The van der Waals surface area contributed by atoms with Crippen LogP contribution in [0.15, 0.2) is 29.0 Å². The van der Waals surface area contributed by atoms with Crippen LogP contribution in [0, 0.1) is 0 Å². The Labute approximate surface area is 128 Å². The van der Waals surface area contributed by atoms with Crippen molar-refractivity contribution in [2.24, 2.45) is 0 Å². The molecular formula is C14H20N6O2. The molecule has 0 bridgehead atoms. The van der Waals surface area contributed by atoms with Crippen LogP contribution in [0.1, 0.15) is 5.76 Å². The molecule has 22 heavy (non-hydrogen) atoms. The SMILES string of the molecule is c1coc(CNc2nncc(NCCN3CCOCC3)n2)c1. The lowest BCUT2D eigenvalue weighted by molar-refractivity contribution is 0.0398. The Hall–Kier alpha value is -2.19. The van der Waals surface area contributed by atoms with Crippen molar-refractivity contribution in [2.75, 3.05) is 50.0 Å². The zero-order valence-electron chi connectivity index (χ0n) is 12.4. The molecule has 3 rings (SSSR count). The average molecular weight is 304 g/mol. The molecule has 2 N–H and O–H groups in total. The Balaban J connectivity index is 1.44. The maximum Gasteiger partial charge on any atom is 0.245 e. The van der Waals surface area contributed by atoms with E-state index in [0.29, 0.717) is 18.3 Å². The van der Waals surface area contributed by atoms with Gasteiger partial charge in [0, 0.05) is 26.2 Å². The number of aromatic nitrogens is 3. The highest BCUT2D eigenvalue weighted by Crippen LogP contribution is 2.06. The lowest BCUT2D eigenvalue weighted by atomic mass is 10.4. The van der Waals surface area contributed by atoms with Gasteiger partial charge in [-0.15, -0.1) is 5.10 Å². The van der Waals surface area contributed by atoms with Crippen molar-refractivity contribution in [3.05, 3.63) is 30.4 Å². The molecule has 3 heterocycles. The minimum atomic E-state index is 0.479. The van der Waals surface area contributed by atoms with Crippen molar-refractivity contribution in [1.29, 1.82) is 0 Å². The Morgan fingerprint density at radius 2 is 2.14 bits per heavy atom. The minimum Gasteiger partial charge on any atom is -0.467 e. The maximum absolute atomic E-state index is 5.33. The zero-order valence-corrected chi connectivity index (χ0v) is 12.4. The van der Waals surface area contributed by atoms with E-state index in [0.717, 1.165) is 45.2 Å². The third kappa shape index (κ3) is 4.40. The first-order valence-corrected chi connectivity index (χ1v) is 7.40. The molecule has 0 atom stereocenters. The highest BCUT2D eigenvalue weighted by molar-refractivity contribution is 5.37. The fraction of sp³-hybridized carbons (Fsp3) is 0.500. The van der Waals surface area contributed by atoms with Gasteiger partial charge in [-0.2, -0.15) is 10.1 Å². The number of nitrogens with zero attached hydrogens (tertiary/aromatic N) is 4. The Kier molecular flexibility index (Phi) is 5.17. The van der Waals surface area contributed by atoms with Crippen molar-refractivity contribution in [3.63, 3.8) is 0 Å². The van der Waals surface area contributed by atoms with E-state index in [1.54, 1.807) is 12.5 Å². The van der Waals surface area contributed by atoms with E-state index in [1.807, 2.05) is 12.1 Å². The predicted molar refractivity (Wildman–Crippen MR) is 81.6 cm³/mol. The molecule has 0 spiro atoms. The fourth-order valence-electron chi connectivity index (χ4n) is 2.21. The number of ether oxygens (including phenoxy) is 1. The van der Waals surface area contributed by atoms with Gasteiger partial charge in [-0.05, 0) is 12.1 Å². The van der Waals surface area contributed by atoms with Gasteiger partial charge in [-0.1, -0.05) is 0 Å². The molecule has 0 aliphatic carbocycles. The molecule has 0 saturated carbocycles. The summed E-state index contributed by atoms with van der Waals surface area (Å²) in [5.41, 5.74) is 0. The van der Waals surface area contributed by atoms with E-state index in [9.17, 15) is 0 Å². The van der Waals surface area contributed by atoms with Gasteiger partial charge in [0.25, 0.3) is 0 Å². The molecular weight excluding hydrogens is 284 g/mol. The number of morpholine rings is 1. The van der Waals surface area contributed by atoms with Gasteiger partial charge in [0.2, 0.25) is 5.95 Å².